The fraction of sp³-hybridized carbons (Fsp3) is 0. The van der Waals surface area contributed by atoms with E-state index in [1.165, 1.54) is 0 Å². The number of benzene rings is 1. The number of hydrogen-bond acceptors (Lipinski definition) is 3. The molecule has 94 valence electrons. The zero-order chi connectivity index (χ0) is 13.2. The Kier molecular flexibility index (Phi) is 3.23. The Bertz CT molecular complexity index is 741. The van der Waals surface area contributed by atoms with Gasteiger partial charge in [0.15, 0.2) is 0 Å². The average Bonchev–Trinajstić information content (AvgIpc) is 2.39. The molecule has 0 saturated heterocycles. The summed E-state index contributed by atoms with van der Waals surface area (Å²) in [7, 11) is 0. The third-order valence-electron chi connectivity index (χ3n) is 2.61. The Morgan fingerprint density at radius 1 is 1.05 bits per heavy atom. The lowest BCUT2D eigenvalue weighted by Gasteiger charge is -2.09. The van der Waals surface area contributed by atoms with Crippen LogP contribution in [0.5, 0.6) is 11.5 Å². The van der Waals surface area contributed by atoms with E-state index >= 15 is 0 Å². The minimum atomic E-state index is 0.406. The molecule has 2 aromatic heterocycles. The Morgan fingerprint density at radius 2 is 1.95 bits per heavy atom. The van der Waals surface area contributed by atoms with E-state index in [2.05, 4.69) is 9.97 Å². The number of nitrogens with zero attached hydrogens (tertiary/aromatic N) is 2. The van der Waals surface area contributed by atoms with E-state index in [-0.39, 0.29) is 0 Å². The fourth-order valence-electron chi connectivity index (χ4n) is 1.82. The maximum atomic E-state index is 6.13. The highest BCUT2D eigenvalue weighted by molar-refractivity contribution is 6.34. The van der Waals surface area contributed by atoms with Crippen molar-refractivity contribution in [1.29, 1.82) is 0 Å². The molecule has 0 saturated carbocycles. The number of pyridine rings is 2. The van der Waals surface area contributed by atoms with E-state index in [9.17, 15) is 0 Å². The van der Waals surface area contributed by atoms with Gasteiger partial charge >= 0.3 is 0 Å². The SMILES string of the molecule is Clc1cncc(Oc2cccc3ccnc(Cl)c23)c1. The van der Waals surface area contributed by atoms with Crippen LogP contribution in [0.4, 0.5) is 0 Å². The van der Waals surface area contributed by atoms with Crippen molar-refractivity contribution in [2.75, 3.05) is 0 Å². The highest BCUT2D eigenvalue weighted by Gasteiger charge is 2.08. The molecule has 19 heavy (non-hydrogen) atoms. The van der Waals surface area contributed by atoms with Gasteiger partial charge in [0.05, 0.1) is 16.6 Å². The van der Waals surface area contributed by atoms with Gasteiger partial charge < -0.3 is 4.74 Å². The molecule has 0 atom stereocenters. The summed E-state index contributed by atoms with van der Waals surface area (Å²) >= 11 is 12.0. The van der Waals surface area contributed by atoms with Crippen molar-refractivity contribution in [2.24, 2.45) is 0 Å². The summed E-state index contributed by atoms with van der Waals surface area (Å²) in [5, 5.41) is 2.66. The predicted octanol–water partition coefficient (Wildman–Crippen LogP) is 4.73. The maximum Gasteiger partial charge on any atom is 0.147 e. The van der Waals surface area contributed by atoms with Crippen molar-refractivity contribution >= 4 is 34.0 Å². The molecule has 2 heterocycles. The number of rotatable bonds is 2. The molecule has 0 unspecified atom stereocenters. The first-order valence-electron chi connectivity index (χ1n) is 5.56. The van der Waals surface area contributed by atoms with Crippen LogP contribution in [-0.2, 0) is 0 Å². The number of hydrogen-bond donors (Lipinski definition) is 0. The van der Waals surface area contributed by atoms with Crippen LogP contribution >= 0.6 is 23.2 Å². The molecule has 0 aliphatic carbocycles. The van der Waals surface area contributed by atoms with Crippen molar-refractivity contribution in [3.05, 3.63) is 59.1 Å². The van der Waals surface area contributed by atoms with Crippen LogP contribution in [0.3, 0.4) is 0 Å². The van der Waals surface area contributed by atoms with Crippen LogP contribution < -0.4 is 4.74 Å². The van der Waals surface area contributed by atoms with Crippen LogP contribution in [0.25, 0.3) is 10.8 Å². The van der Waals surface area contributed by atoms with Crippen LogP contribution in [0.2, 0.25) is 10.2 Å². The van der Waals surface area contributed by atoms with Crippen LogP contribution in [0, 0.1) is 0 Å². The van der Waals surface area contributed by atoms with Gasteiger partial charge in [0.25, 0.3) is 0 Å². The normalized spacial score (nSPS) is 10.6. The van der Waals surface area contributed by atoms with Gasteiger partial charge in [0.1, 0.15) is 16.7 Å². The van der Waals surface area contributed by atoms with Gasteiger partial charge in [-0.05, 0) is 17.5 Å². The minimum Gasteiger partial charge on any atom is -0.455 e. The molecule has 3 nitrogen and oxygen atoms in total. The van der Waals surface area contributed by atoms with Crippen molar-refractivity contribution in [1.82, 2.24) is 9.97 Å². The molecular formula is C14H8Cl2N2O. The van der Waals surface area contributed by atoms with E-state index < -0.39 is 0 Å². The van der Waals surface area contributed by atoms with Crippen LogP contribution in [-0.4, -0.2) is 9.97 Å². The molecule has 0 radical (unpaired) electrons. The summed E-state index contributed by atoms with van der Waals surface area (Å²) in [6, 6.07) is 9.25. The summed E-state index contributed by atoms with van der Waals surface area (Å²) < 4.78 is 5.78. The summed E-state index contributed by atoms with van der Waals surface area (Å²) in [5.74, 6) is 1.18. The van der Waals surface area contributed by atoms with Crippen LogP contribution in [0.15, 0.2) is 48.9 Å². The van der Waals surface area contributed by atoms with E-state index in [0.717, 1.165) is 10.8 Å². The lowest BCUT2D eigenvalue weighted by molar-refractivity contribution is 0.486. The first kappa shape index (κ1) is 12.2. The summed E-state index contributed by atoms with van der Waals surface area (Å²) in [5.41, 5.74) is 0. The summed E-state index contributed by atoms with van der Waals surface area (Å²) in [6.07, 6.45) is 4.80. The zero-order valence-corrected chi connectivity index (χ0v) is 11.2. The number of aromatic nitrogens is 2. The van der Waals surface area contributed by atoms with Crippen molar-refractivity contribution in [3.63, 3.8) is 0 Å². The van der Waals surface area contributed by atoms with Crippen LogP contribution in [0.1, 0.15) is 0 Å². The molecule has 0 amide bonds. The predicted molar refractivity (Wildman–Crippen MR) is 76.1 cm³/mol. The molecule has 0 spiro atoms. The first-order valence-corrected chi connectivity index (χ1v) is 6.31. The summed E-state index contributed by atoms with van der Waals surface area (Å²) in [6.45, 7) is 0. The molecule has 0 N–H and O–H groups in total. The zero-order valence-electron chi connectivity index (χ0n) is 9.68. The van der Waals surface area contributed by atoms with Crippen molar-refractivity contribution < 1.29 is 4.74 Å². The molecule has 0 fully saturated rings. The Morgan fingerprint density at radius 3 is 2.79 bits per heavy atom. The van der Waals surface area contributed by atoms with Gasteiger partial charge in [0.2, 0.25) is 0 Å². The molecule has 3 rings (SSSR count). The van der Waals surface area contributed by atoms with Gasteiger partial charge in [-0.25, -0.2) is 4.98 Å². The minimum absolute atomic E-state index is 0.406. The Balaban J connectivity index is 2.11. The number of ether oxygens (including phenoxy) is 1. The topological polar surface area (TPSA) is 35.0 Å². The third-order valence-corrected chi connectivity index (χ3v) is 3.11. The maximum absolute atomic E-state index is 6.13. The van der Waals surface area contributed by atoms with E-state index in [0.29, 0.717) is 21.7 Å². The lowest BCUT2D eigenvalue weighted by atomic mass is 10.1. The largest absolute Gasteiger partial charge is 0.455 e. The second kappa shape index (κ2) is 5.03. The van der Waals surface area contributed by atoms with Gasteiger partial charge in [-0.15, -0.1) is 0 Å². The number of fused-ring (bicyclic) bond motifs is 1. The second-order valence-electron chi connectivity index (χ2n) is 3.90. The second-order valence-corrected chi connectivity index (χ2v) is 4.69. The first-order chi connectivity index (χ1) is 9.24. The molecule has 3 aromatic rings. The molecule has 5 heteroatoms. The van der Waals surface area contributed by atoms with E-state index in [4.69, 9.17) is 27.9 Å². The van der Waals surface area contributed by atoms with Crippen molar-refractivity contribution in [2.45, 2.75) is 0 Å². The Labute approximate surface area is 119 Å². The quantitative estimate of drug-likeness (QED) is 0.640. The van der Waals surface area contributed by atoms with Crippen molar-refractivity contribution in [3.8, 4) is 11.5 Å². The number of halogens is 2. The highest BCUT2D eigenvalue weighted by Crippen LogP contribution is 2.33. The fourth-order valence-corrected chi connectivity index (χ4v) is 2.24. The molecular weight excluding hydrogens is 283 g/mol. The van der Waals surface area contributed by atoms with Gasteiger partial charge in [0, 0.05) is 18.5 Å². The van der Waals surface area contributed by atoms with Gasteiger partial charge in [-0.2, -0.15) is 0 Å². The molecule has 1 aromatic carbocycles. The third kappa shape index (κ3) is 2.48. The van der Waals surface area contributed by atoms with E-state index in [1.807, 2.05) is 24.3 Å². The lowest BCUT2D eigenvalue weighted by Crippen LogP contribution is -1.88. The molecule has 0 bridgehead atoms. The average molecular weight is 291 g/mol. The highest BCUT2D eigenvalue weighted by atomic mass is 35.5. The monoisotopic (exact) mass is 290 g/mol. The van der Waals surface area contributed by atoms with Gasteiger partial charge in [-0.1, -0.05) is 35.3 Å². The molecule has 0 aliphatic rings. The smallest absolute Gasteiger partial charge is 0.147 e. The summed E-state index contributed by atoms with van der Waals surface area (Å²) in [4.78, 5) is 8.05. The standard InChI is InChI=1S/C14H8Cl2N2O/c15-10-6-11(8-17-7-10)19-12-3-1-2-9-4-5-18-14(16)13(9)12/h1-8H. The van der Waals surface area contributed by atoms with E-state index in [1.54, 1.807) is 24.7 Å². The molecule has 0 aliphatic heterocycles. The van der Waals surface area contributed by atoms with Gasteiger partial charge in [-0.3, -0.25) is 4.98 Å². The Hall–Kier alpha value is -1.84.